The molecular formula is C13H20N2O2S. The molecule has 2 N–H and O–H groups in total. The Hall–Kier alpha value is -1.33. The van der Waals surface area contributed by atoms with E-state index in [-0.39, 0.29) is 17.0 Å². The van der Waals surface area contributed by atoms with Gasteiger partial charge in [0, 0.05) is 17.8 Å². The average Bonchev–Trinajstić information content (AvgIpc) is 2.28. The first-order valence-corrected chi connectivity index (χ1v) is 7.35. The van der Waals surface area contributed by atoms with Gasteiger partial charge in [0.1, 0.15) is 0 Å². The molecule has 0 saturated heterocycles. The molecule has 4 nitrogen and oxygen atoms in total. The van der Waals surface area contributed by atoms with Crippen molar-refractivity contribution in [2.24, 2.45) is 0 Å². The summed E-state index contributed by atoms with van der Waals surface area (Å²) in [6.07, 6.45) is 1.78. The van der Waals surface area contributed by atoms with Crippen molar-refractivity contribution in [2.75, 3.05) is 5.32 Å². The minimum Gasteiger partial charge on any atom is -0.379 e. The Bertz CT molecular complexity index is 492. The molecule has 1 unspecified atom stereocenters. The minimum atomic E-state index is -3.41. The topological polar surface area (TPSA) is 58.2 Å². The number of anilines is 1. The molecule has 0 radical (unpaired) electrons. The van der Waals surface area contributed by atoms with Crippen molar-refractivity contribution in [3.05, 3.63) is 36.9 Å². The van der Waals surface area contributed by atoms with E-state index in [4.69, 9.17) is 0 Å². The van der Waals surface area contributed by atoms with Gasteiger partial charge < -0.3 is 5.32 Å². The summed E-state index contributed by atoms with van der Waals surface area (Å²) in [5.74, 6) is 0. The summed E-state index contributed by atoms with van der Waals surface area (Å²) in [6.45, 7) is 9.23. The summed E-state index contributed by atoms with van der Waals surface area (Å²) in [4.78, 5) is 0.271. The Morgan fingerprint density at radius 1 is 1.17 bits per heavy atom. The lowest BCUT2D eigenvalue weighted by molar-refractivity contribution is 0.570. The molecule has 0 fully saturated rings. The van der Waals surface area contributed by atoms with Gasteiger partial charge in [0.2, 0.25) is 10.0 Å². The van der Waals surface area contributed by atoms with Gasteiger partial charge in [-0.25, -0.2) is 13.1 Å². The van der Waals surface area contributed by atoms with Gasteiger partial charge in [-0.15, -0.1) is 6.58 Å². The maximum Gasteiger partial charge on any atom is 0.240 e. The molecule has 0 heterocycles. The zero-order chi connectivity index (χ0) is 13.8. The first-order valence-electron chi connectivity index (χ1n) is 5.86. The van der Waals surface area contributed by atoms with Crippen LogP contribution in [0.15, 0.2) is 41.8 Å². The van der Waals surface area contributed by atoms with Crippen LogP contribution in [0.4, 0.5) is 5.69 Å². The van der Waals surface area contributed by atoms with Crippen LogP contribution in [0.2, 0.25) is 0 Å². The van der Waals surface area contributed by atoms with E-state index in [9.17, 15) is 8.42 Å². The molecule has 0 saturated carbocycles. The predicted octanol–water partition coefficient (Wildman–Crippen LogP) is 2.36. The van der Waals surface area contributed by atoms with Crippen LogP contribution in [0.1, 0.15) is 20.8 Å². The van der Waals surface area contributed by atoms with Crippen molar-refractivity contribution in [1.82, 2.24) is 4.72 Å². The molecule has 1 rings (SSSR count). The van der Waals surface area contributed by atoms with E-state index >= 15 is 0 Å². The van der Waals surface area contributed by atoms with E-state index in [1.54, 1.807) is 44.2 Å². The number of rotatable bonds is 6. The van der Waals surface area contributed by atoms with Crippen molar-refractivity contribution in [1.29, 1.82) is 0 Å². The molecular weight excluding hydrogens is 248 g/mol. The van der Waals surface area contributed by atoms with Crippen LogP contribution in [-0.4, -0.2) is 20.5 Å². The Morgan fingerprint density at radius 2 is 1.72 bits per heavy atom. The minimum absolute atomic E-state index is 0.117. The molecule has 100 valence electrons. The normalized spacial score (nSPS) is 13.3. The number of nitrogens with one attached hydrogen (secondary N) is 2. The van der Waals surface area contributed by atoms with Crippen molar-refractivity contribution in [3.63, 3.8) is 0 Å². The smallest absolute Gasteiger partial charge is 0.240 e. The molecule has 1 aromatic carbocycles. The summed E-state index contributed by atoms with van der Waals surface area (Å²) >= 11 is 0. The van der Waals surface area contributed by atoms with Crippen molar-refractivity contribution in [2.45, 2.75) is 37.8 Å². The van der Waals surface area contributed by atoms with E-state index in [1.165, 1.54) is 0 Å². The van der Waals surface area contributed by atoms with Gasteiger partial charge in [-0.05, 0) is 45.0 Å². The van der Waals surface area contributed by atoms with Gasteiger partial charge in [0.15, 0.2) is 0 Å². The van der Waals surface area contributed by atoms with E-state index in [0.717, 1.165) is 5.69 Å². The number of benzene rings is 1. The molecule has 0 amide bonds. The second-order valence-electron chi connectivity index (χ2n) is 4.47. The molecule has 1 aromatic rings. The van der Waals surface area contributed by atoms with Gasteiger partial charge in [0.05, 0.1) is 4.90 Å². The maximum absolute atomic E-state index is 11.9. The predicted molar refractivity (Wildman–Crippen MR) is 75.2 cm³/mol. The Labute approximate surface area is 109 Å². The van der Waals surface area contributed by atoms with Crippen LogP contribution in [0.3, 0.4) is 0 Å². The third-order valence-corrected chi connectivity index (χ3v) is 3.98. The molecule has 0 aliphatic rings. The first-order chi connectivity index (χ1) is 8.35. The maximum atomic E-state index is 11.9. The molecule has 0 aliphatic carbocycles. The second-order valence-corrected chi connectivity index (χ2v) is 6.18. The van der Waals surface area contributed by atoms with E-state index in [0.29, 0.717) is 0 Å². The standard InChI is InChI=1S/C13H20N2O2S/c1-5-11(4)14-12-6-8-13(9-7-12)18(16,17)15-10(2)3/h5-11,14-15H,1H2,2-4H3. The molecule has 5 heteroatoms. The van der Waals surface area contributed by atoms with E-state index in [1.807, 2.05) is 6.92 Å². The van der Waals surface area contributed by atoms with Gasteiger partial charge in [-0.2, -0.15) is 0 Å². The lowest BCUT2D eigenvalue weighted by atomic mass is 10.2. The van der Waals surface area contributed by atoms with Crippen molar-refractivity contribution < 1.29 is 8.42 Å². The van der Waals surface area contributed by atoms with E-state index < -0.39 is 10.0 Å². The SMILES string of the molecule is C=CC(C)Nc1ccc(S(=O)(=O)NC(C)C)cc1. The van der Waals surface area contributed by atoms with E-state index in [2.05, 4.69) is 16.6 Å². The van der Waals surface area contributed by atoms with Crippen LogP contribution in [-0.2, 0) is 10.0 Å². The third kappa shape index (κ3) is 4.16. The third-order valence-electron chi connectivity index (χ3n) is 2.30. The van der Waals surface area contributed by atoms with Crippen LogP contribution in [0.5, 0.6) is 0 Å². The quantitative estimate of drug-likeness (QED) is 0.779. The molecule has 0 aromatic heterocycles. The highest BCUT2D eigenvalue weighted by Crippen LogP contribution is 2.15. The molecule has 0 spiro atoms. The number of hydrogen-bond acceptors (Lipinski definition) is 3. The van der Waals surface area contributed by atoms with Crippen LogP contribution < -0.4 is 10.0 Å². The van der Waals surface area contributed by atoms with Gasteiger partial charge in [-0.3, -0.25) is 0 Å². The van der Waals surface area contributed by atoms with Crippen LogP contribution in [0, 0.1) is 0 Å². The monoisotopic (exact) mass is 268 g/mol. The Kier molecular flexibility index (Phi) is 4.93. The van der Waals surface area contributed by atoms with Crippen LogP contribution in [0.25, 0.3) is 0 Å². The Morgan fingerprint density at radius 3 is 2.17 bits per heavy atom. The lowest BCUT2D eigenvalue weighted by Gasteiger charge is -2.12. The fourth-order valence-corrected chi connectivity index (χ4v) is 2.68. The lowest BCUT2D eigenvalue weighted by Crippen LogP contribution is -2.30. The molecule has 18 heavy (non-hydrogen) atoms. The fraction of sp³-hybridized carbons (Fsp3) is 0.385. The van der Waals surface area contributed by atoms with Crippen molar-refractivity contribution >= 4 is 15.7 Å². The first kappa shape index (κ1) is 14.7. The zero-order valence-electron chi connectivity index (χ0n) is 11.0. The van der Waals surface area contributed by atoms with Gasteiger partial charge in [0.25, 0.3) is 0 Å². The summed E-state index contributed by atoms with van der Waals surface area (Å²) in [5, 5.41) is 3.18. The summed E-state index contributed by atoms with van der Waals surface area (Å²) in [6, 6.07) is 6.69. The largest absolute Gasteiger partial charge is 0.379 e. The number of hydrogen-bond donors (Lipinski definition) is 2. The summed E-state index contributed by atoms with van der Waals surface area (Å²) < 4.78 is 26.3. The highest BCUT2D eigenvalue weighted by Gasteiger charge is 2.14. The zero-order valence-corrected chi connectivity index (χ0v) is 11.8. The molecule has 0 aliphatic heterocycles. The van der Waals surface area contributed by atoms with Crippen LogP contribution >= 0.6 is 0 Å². The highest BCUT2D eigenvalue weighted by molar-refractivity contribution is 7.89. The second kappa shape index (κ2) is 6.02. The van der Waals surface area contributed by atoms with Crippen molar-refractivity contribution in [3.8, 4) is 0 Å². The summed E-state index contributed by atoms with van der Waals surface area (Å²) in [7, 11) is -3.41. The van der Waals surface area contributed by atoms with Gasteiger partial charge in [-0.1, -0.05) is 6.08 Å². The van der Waals surface area contributed by atoms with Gasteiger partial charge >= 0.3 is 0 Å². The average molecular weight is 268 g/mol. The Balaban J connectivity index is 2.86. The fourth-order valence-electron chi connectivity index (χ4n) is 1.43. The number of sulfonamides is 1. The summed E-state index contributed by atoms with van der Waals surface area (Å²) in [5.41, 5.74) is 0.867. The highest BCUT2D eigenvalue weighted by atomic mass is 32.2. The molecule has 0 bridgehead atoms. The molecule has 1 atom stereocenters.